The van der Waals surface area contributed by atoms with E-state index in [1.54, 1.807) is 4.90 Å². The minimum absolute atomic E-state index is 0.0366. The van der Waals surface area contributed by atoms with Gasteiger partial charge in [-0.1, -0.05) is 11.6 Å². The zero-order chi connectivity index (χ0) is 22.2. The van der Waals surface area contributed by atoms with Gasteiger partial charge in [0, 0.05) is 18.7 Å². The summed E-state index contributed by atoms with van der Waals surface area (Å²) >= 11 is 6.01. The molecule has 0 aliphatic carbocycles. The number of amides is 1. The minimum Gasteiger partial charge on any atom is -0.420 e. The van der Waals surface area contributed by atoms with E-state index in [2.05, 4.69) is 10.2 Å². The molecule has 0 saturated carbocycles. The first-order valence-corrected chi connectivity index (χ1v) is 9.85. The fourth-order valence-electron chi connectivity index (χ4n) is 3.51. The highest BCUT2D eigenvalue weighted by Gasteiger charge is 2.31. The molecule has 162 valence electrons. The van der Waals surface area contributed by atoms with Crippen molar-refractivity contribution in [1.82, 2.24) is 15.1 Å². The quantitative estimate of drug-likeness (QED) is 0.487. The molecule has 2 heterocycles. The van der Waals surface area contributed by atoms with Gasteiger partial charge in [0.1, 0.15) is 5.82 Å². The third kappa shape index (κ3) is 4.56. The van der Waals surface area contributed by atoms with E-state index in [0.717, 1.165) is 18.2 Å². The van der Waals surface area contributed by atoms with Gasteiger partial charge in [-0.2, -0.15) is 13.2 Å². The predicted octanol–water partition coefficient (Wildman–Crippen LogP) is 5.57. The van der Waals surface area contributed by atoms with E-state index >= 15 is 0 Å². The van der Waals surface area contributed by atoms with Crippen molar-refractivity contribution in [2.75, 3.05) is 13.1 Å². The average Bonchev–Trinajstić information content (AvgIpc) is 3.23. The Hall–Kier alpha value is -2.94. The molecule has 0 radical (unpaired) electrons. The minimum atomic E-state index is -4.43. The zero-order valence-electron chi connectivity index (χ0n) is 16.0. The SMILES string of the molecule is O=C(c1ccc(F)cc1Cl)N1CCCC(c2nnc(-c3ccc(C(F)(F)F)cc3)o2)C1. The summed E-state index contributed by atoms with van der Waals surface area (Å²) in [7, 11) is 0. The monoisotopic (exact) mass is 453 g/mol. The third-order valence-corrected chi connectivity index (χ3v) is 5.43. The van der Waals surface area contributed by atoms with Crippen LogP contribution < -0.4 is 0 Å². The zero-order valence-corrected chi connectivity index (χ0v) is 16.8. The predicted molar refractivity (Wildman–Crippen MR) is 104 cm³/mol. The number of carbonyl (C=O) groups excluding carboxylic acids is 1. The molecule has 1 aliphatic rings. The molecule has 2 aromatic carbocycles. The summed E-state index contributed by atoms with van der Waals surface area (Å²) < 4.78 is 57.1. The van der Waals surface area contributed by atoms with Gasteiger partial charge in [0.15, 0.2) is 0 Å². The van der Waals surface area contributed by atoms with E-state index in [0.29, 0.717) is 37.4 Å². The lowest BCUT2D eigenvalue weighted by molar-refractivity contribution is -0.137. The van der Waals surface area contributed by atoms with Crippen molar-refractivity contribution >= 4 is 17.5 Å². The van der Waals surface area contributed by atoms with Gasteiger partial charge < -0.3 is 9.32 Å². The van der Waals surface area contributed by atoms with E-state index in [1.165, 1.54) is 24.3 Å². The number of carbonyl (C=O) groups is 1. The van der Waals surface area contributed by atoms with Gasteiger partial charge in [0.05, 0.1) is 22.1 Å². The van der Waals surface area contributed by atoms with Crippen molar-refractivity contribution in [2.24, 2.45) is 0 Å². The van der Waals surface area contributed by atoms with Crippen LogP contribution in [0.5, 0.6) is 0 Å². The van der Waals surface area contributed by atoms with Crippen molar-refractivity contribution in [3.8, 4) is 11.5 Å². The largest absolute Gasteiger partial charge is 0.420 e. The van der Waals surface area contributed by atoms with Crippen LogP contribution in [-0.2, 0) is 6.18 Å². The van der Waals surface area contributed by atoms with E-state index in [4.69, 9.17) is 16.0 Å². The normalized spacial score (nSPS) is 17.1. The fourth-order valence-corrected chi connectivity index (χ4v) is 3.76. The molecule has 3 aromatic rings. The molecule has 0 bridgehead atoms. The Morgan fingerprint density at radius 3 is 2.55 bits per heavy atom. The standard InChI is InChI=1S/C21H16ClF4N3O2/c22-17-10-15(23)7-8-16(17)20(30)29-9-1-2-13(11-29)19-28-27-18(31-19)12-3-5-14(6-4-12)21(24,25)26/h3-8,10,13H,1-2,9,11H2. The van der Waals surface area contributed by atoms with Crippen molar-refractivity contribution in [3.05, 3.63) is 70.3 Å². The Kier molecular flexibility index (Phi) is 5.70. The van der Waals surface area contributed by atoms with Crippen LogP contribution in [0.1, 0.15) is 40.6 Å². The van der Waals surface area contributed by atoms with Crippen molar-refractivity contribution in [2.45, 2.75) is 24.9 Å². The molecule has 4 rings (SSSR count). The third-order valence-electron chi connectivity index (χ3n) is 5.12. The summed E-state index contributed by atoms with van der Waals surface area (Å²) in [6, 6.07) is 8.05. The molecular formula is C21H16ClF4N3O2. The molecular weight excluding hydrogens is 438 g/mol. The first-order chi connectivity index (χ1) is 14.7. The van der Waals surface area contributed by atoms with Gasteiger partial charge >= 0.3 is 6.18 Å². The Balaban J connectivity index is 1.49. The highest BCUT2D eigenvalue weighted by Crippen LogP contribution is 2.32. The molecule has 5 nitrogen and oxygen atoms in total. The molecule has 1 amide bonds. The Morgan fingerprint density at radius 1 is 1.13 bits per heavy atom. The van der Waals surface area contributed by atoms with Crippen LogP contribution in [-0.4, -0.2) is 34.1 Å². The smallest absolute Gasteiger partial charge is 0.416 e. The summed E-state index contributed by atoms with van der Waals surface area (Å²) in [5, 5.41) is 8.01. The number of nitrogens with zero attached hydrogens (tertiary/aromatic N) is 3. The van der Waals surface area contributed by atoms with Gasteiger partial charge in [-0.25, -0.2) is 4.39 Å². The second-order valence-electron chi connectivity index (χ2n) is 7.24. The van der Waals surface area contributed by atoms with Crippen LogP contribution >= 0.6 is 11.6 Å². The summed E-state index contributed by atoms with van der Waals surface area (Å²) in [5.74, 6) is -0.670. The van der Waals surface area contributed by atoms with Crippen LogP contribution in [0.4, 0.5) is 17.6 Å². The number of alkyl halides is 3. The molecule has 0 N–H and O–H groups in total. The number of likely N-dealkylation sites (tertiary alicyclic amines) is 1. The Labute approximate surface area is 179 Å². The van der Waals surface area contributed by atoms with E-state index in [9.17, 15) is 22.4 Å². The van der Waals surface area contributed by atoms with Crippen molar-refractivity contribution < 1.29 is 26.8 Å². The second kappa shape index (κ2) is 8.30. The fraction of sp³-hybridized carbons (Fsp3) is 0.286. The van der Waals surface area contributed by atoms with Gasteiger partial charge in [-0.05, 0) is 55.3 Å². The molecule has 1 fully saturated rings. The highest BCUT2D eigenvalue weighted by atomic mass is 35.5. The number of hydrogen-bond donors (Lipinski definition) is 0. The van der Waals surface area contributed by atoms with E-state index in [1.807, 2.05) is 0 Å². The molecule has 1 aliphatic heterocycles. The van der Waals surface area contributed by atoms with Gasteiger partial charge in [0.25, 0.3) is 5.91 Å². The lowest BCUT2D eigenvalue weighted by atomic mass is 9.97. The molecule has 1 unspecified atom stereocenters. The van der Waals surface area contributed by atoms with Crippen molar-refractivity contribution in [1.29, 1.82) is 0 Å². The van der Waals surface area contributed by atoms with Crippen LogP contribution in [0.3, 0.4) is 0 Å². The van der Waals surface area contributed by atoms with Crippen molar-refractivity contribution in [3.63, 3.8) is 0 Å². The second-order valence-corrected chi connectivity index (χ2v) is 7.64. The number of aromatic nitrogens is 2. The number of benzene rings is 2. The van der Waals surface area contributed by atoms with Crippen LogP contribution in [0.15, 0.2) is 46.9 Å². The first-order valence-electron chi connectivity index (χ1n) is 9.48. The molecule has 0 spiro atoms. The lowest BCUT2D eigenvalue weighted by Crippen LogP contribution is -2.39. The Bertz CT molecular complexity index is 1100. The van der Waals surface area contributed by atoms with Crippen LogP contribution in [0.2, 0.25) is 5.02 Å². The maximum Gasteiger partial charge on any atom is 0.416 e. The Morgan fingerprint density at radius 2 is 1.87 bits per heavy atom. The van der Waals surface area contributed by atoms with E-state index in [-0.39, 0.29) is 28.3 Å². The maximum atomic E-state index is 13.3. The number of rotatable bonds is 3. The lowest BCUT2D eigenvalue weighted by Gasteiger charge is -2.31. The number of halogens is 5. The van der Waals surface area contributed by atoms with Gasteiger partial charge in [-0.15, -0.1) is 10.2 Å². The number of piperidine rings is 1. The molecule has 1 atom stereocenters. The summed E-state index contributed by atoms with van der Waals surface area (Å²) in [5.41, 5.74) is -0.190. The topological polar surface area (TPSA) is 59.2 Å². The average molecular weight is 454 g/mol. The number of hydrogen-bond acceptors (Lipinski definition) is 4. The molecule has 1 aromatic heterocycles. The molecule has 1 saturated heterocycles. The first kappa shape index (κ1) is 21.3. The molecule has 31 heavy (non-hydrogen) atoms. The maximum absolute atomic E-state index is 13.3. The van der Waals surface area contributed by atoms with Crippen LogP contribution in [0, 0.1) is 5.82 Å². The highest BCUT2D eigenvalue weighted by molar-refractivity contribution is 6.33. The summed E-state index contributed by atoms with van der Waals surface area (Å²) in [6.45, 7) is 0.810. The summed E-state index contributed by atoms with van der Waals surface area (Å²) in [6.07, 6.45) is -3.03. The molecule has 10 heteroatoms. The van der Waals surface area contributed by atoms with Gasteiger partial charge in [0.2, 0.25) is 11.8 Å². The van der Waals surface area contributed by atoms with Crippen LogP contribution in [0.25, 0.3) is 11.5 Å². The summed E-state index contributed by atoms with van der Waals surface area (Å²) in [4.78, 5) is 14.4. The van der Waals surface area contributed by atoms with Gasteiger partial charge in [-0.3, -0.25) is 4.79 Å². The van der Waals surface area contributed by atoms with E-state index < -0.39 is 17.6 Å².